The second-order valence-electron chi connectivity index (χ2n) is 17.0. The van der Waals surface area contributed by atoms with E-state index in [1.165, 1.54) is 72.3 Å². The molecule has 0 unspecified atom stereocenters. The van der Waals surface area contributed by atoms with Crippen LogP contribution in [0.25, 0.3) is 33.4 Å². The number of halogens is 4. The molecule has 1 aliphatic rings. The number of hydrogen-bond donors (Lipinski definition) is 0. The van der Waals surface area contributed by atoms with E-state index in [4.69, 9.17) is 27.9 Å². The number of allylic oxidation sites excluding steroid dienone is 1. The molecule has 0 saturated carbocycles. The summed E-state index contributed by atoms with van der Waals surface area (Å²) in [5.41, 5.74) is 17.1. The standard InChI is InChI=1S/C33H33.C17H16Cl2O.C5H5.2ClH.Zr/c1-32(2,3)30-20-26-24(18-28(30)22-13-9-7-10-14-22)17-25-19-29(23-15-11-8-12-16-23)31(21-27(25)26)33(4,5)6;1-20-12-15(10-13-2-6-16(18)7-3-13)11-14-4-8-17(19)9-5-14;1-2-4-5-3-1;;;/h7-16,18,20-21H,17H2,1-6H3;2-9,12H,10-11H2,1H3;1-5H;2*1H;/q-1;;-1;;;+4/p-2. The summed E-state index contributed by atoms with van der Waals surface area (Å²) in [6, 6.07) is 58.6. The Kier molecular flexibility index (Phi) is 20.0. The third-order valence-electron chi connectivity index (χ3n) is 10.4. The van der Waals surface area contributed by atoms with Gasteiger partial charge in [-0.1, -0.05) is 178 Å². The van der Waals surface area contributed by atoms with Gasteiger partial charge in [-0.2, -0.15) is 18.2 Å². The Balaban J connectivity index is 0.000000303. The van der Waals surface area contributed by atoms with Gasteiger partial charge in [0.05, 0.1) is 13.4 Å². The predicted molar refractivity (Wildman–Crippen MR) is 249 cm³/mol. The van der Waals surface area contributed by atoms with E-state index in [1.54, 1.807) is 7.11 Å². The van der Waals surface area contributed by atoms with Crippen molar-refractivity contribution in [2.45, 2.75) is 71.6 Å². The van der Waals surface area contributed by atoms with Gasteiger partial charge < -0.3 is 29.6 Å². The molecule has 8 rings (SSSR count). The molecule has 0 amide bonds. The van der Waals surface area contributed by atoms with Crippen LogP contribution in [0.1, 0.15) is 74.9 Å². The second-order valence-corrected chi connectivity index (χ2v) is 17.9. The molecule has 0 spiro atoms. The van der Waals surface area contributed by atoms with E-state index >= 15 is 0 Å². The fraction of sp³-hybridized carbons (Fsp3) is 0.218. The first-order valence-corrected chi connectivity index (χ1v) is 20.8. The van der Waals surface area contributed by atoms with E-state index in [9.17, 15) is 0 Å². The van der Waals surface area contributed by atoms with Gasteiger partial charge in [0.25, 0.3) is 0 Å². The Morgan fingerprint density at radius 2 is 1.08 bits per heavy atom. The fourth-order valence-electron chi connectivity index (χ4n) is 7.46. The van der Waals surface area contributed by atoms with Crippen molar-refractivity contribution < 1.29 is 55.8 Å². The zero-order valence-electron chi connectivity index (χ0n) is 36.1. The first-order chi connectivity index (χ1) is 27.8. The molecule has 0 heterocycles. The van der Waals surface area contributed by atoms with Gasteiger partial charge in [-0.25, -0.2) is 12.1 Å². The van der Waals surface area contributed by atoms with E-state index in [0.717, 1.165) is 29.3 Å². The van der Waals surface area contributed by atoms with Gasteiger partial charge in [-0.3, -0.25) is 0 Å². The third-order valence-corrected chi connectivity index (χ3v) is 10.9. The summed E-state index contributed by atoms with van der Waals surface area (Å²) in [6.45, 7) is 13.9. The van der Waals surface area contributed by atoms with Crippen LogP contribution in [0.4, 0.5) is 0 Å². The van der Waals surface area contributed by atoms with Crippen molar-refractivity contribution in [3.05, 3.63) is 219 Å². The molecule has 312 valence electrons. The van der Waals surface area contributed by atoms with Crippen LogP contribution in [-0.4, -0.2) is 7.11 Å². The number of ether oxygens (including phenoxy) is 1. The van der Waals surface area contributed by atoms with Crippen LogP contribution >= 0.6 is 23.2 Å². The molecule has 0 aliphatic heterocycles. The molecule has 0 bridgehead atoms. The summed E-state index contributed by atoms with van der Waals surface area (Å²) in [5.74, 6) is 0. The maximum absolute atomic E-state index is 5.90. The molecule has 1 nitrogen and oxygen atoms in total. The molecule has 1 aliphatic carbocycles. The largest absolute Gasteiger partial charge is 4.00 e. The summed E-state index contributed by atoms with van der Waals surface area (Å²) < 4.78 is 5.18. The summed E-state index contributed by atoms with van der Waals surface area (Å²) in [7, 11) is 1.67. The Morgan fingerprint density at radius 1 is 0.607 bits per heavy atom. The Bertz CT molecular complexity index is 2240. The van der Waals surface area contributed by atoms with Crippen LogP contribution in [0.15, 0.2) is 170 Å². The van der Waals surface area contributed by atoms with Gasteiger partial charge in [-0.05, 0) is 93.3 Å². The van der Waals surface area contributed by atoms with Gasteiger partial charge >= 0.3 is 26.2 Å². The molecule has 6 heteroatoms. The zero-order valence-corrected chi connectivity index (χ0v) is 41.6. The quantitative estimate of drug-likeness (QED) is 0.114. The maximum atomic E-state index is 5.90. The Morgan fingerprint density at radius 3 is 1.52 bits per heavy atom. The van der Waals surface area contributed by atoms with Crippen molar-refractivity contribution in [2.75, 3.05) is 7.11 Å². The second kappa shape index (κ2) is 23.6. The first kappa shape index (κ1) is 51.6. The summed E-state index contributed by atoms with van der Waals surface area (Å²) in [6.07, 6.45) is 4.43. The number of benzene rings is 6. The molecule has 0 radical (unpaired) electrons. The van der Waals surface area contributed by atoms with Crippen molar-refractivity contribution in [2.24, 2.45) is 0 Å². The summed E-state index contributed by atoms with van der Waals surface area (Å²) in [4.78, 5) is 0. The summed E-state index contributed by atoms with van der Waals surface area (Å²) >= 11 is 11.8. The average Bonchev–Trinajstić information content (AvgIpc) is 3.91. The molecule has 0 saturated heterocycles. The van der Waals surface area contributed by atoms with Crippen LogP contribution in [0.5, 0.6) is 0 Å². The molecular formula is C55H54Cl4OZr. The monoisotopic (exact) mass is 960 g/mol. The fourth-order valence-corrected chi connectivity index (χ4v) is 7.72. The first-order valence-electron chi connectivity index (χ1n) is 20.0. The predicted octanol–water partition coefficient (Wildman–Crippen LogP) is 9.71. The normalized spacial score (nSPS) is 11.0. The molecule has 61 heavy (non-hydrogen) atoms. The number of fused-ring (bicyclic) bond motifs is 3. The van der Waals surface area contributed by atoms with Crippen LogP contribution in [-0.2, 0) is 61.0 Å². The van der Waals surface area contributed by atoms with Crippen LogP contribution in [0, 0.1) is 6.07 Å². The number of methoxy groups -OCH3 is 1. The van der Waals surface area contributed by atoms with Gasteiger partial charge in [0.15, 0.2) is 0 Å². The van der Waals surface area contributed by atoms with Crippen molar-refractivity contribution in [3.63, 3.8) is 0 Å². The number of hydrogen-bond acceptors (Lipinski definition) is 1. The number of rotatable bonds is 7. The van der Waals surface area contributed by atoms with E-state index in [-0.39, 0.29) is 61.8 Å². The Labute approximate surface area is 406 Å². The van der Waals surface area contributed by atoms with E-state index in [0.29, 0.717) is 0 Å². The van der Waals surface area contributed by atoms with Crippen molar-refractivity contribution in [1.82, 2.24) is 0 Å². The van der Waals surface area contributed by atoms with Gasteiger partial charge in [0.1, 0.15) is 0 Å². The molecule has 0 atom stereocenters. The van der Waals surface area contributed by atoms with Gasteiger partial charge in [0.2, 0.25) is 0 Å². The third kappa shape index (κ3) is 14.1. The molecule has 0 aromatic heterocycles. The smallest absolute Gasteiger partial charge is 1.00 e. The van der Waals surface area contributed by atoms with Gasteiger partial charge in [0, 0.05) is 10.0 Å². The molecule has 0 N–H and O–H groups in total. The van der Waals surface area contributed by atoms with Crippen LogP contribution < -0.4 is 24.8 Å². The van der Waals surface area contributed by atoms with E-state index in [2.05, 4.69) is 126 Å². The molecule has 7 aromatic rings. The van der Waals surface area contributed by atoms with E-state index in [1.807, 2.05) is 85.1 Å². The van der Waals surface area contributed by atoms with Gasteiger partial charge in [-0.15, -0.1) is 28.8 Å². The van der Waals surface area contributed by atoms with Crippen molar-refractivity contribution in [3.8, 4) is 33.4 Å². The van der Waals surface area contributed by atoms with Crippen LogP contribution in [0.2, 0.25) is 10.0 Å². The maximum Gasteiger partial charge on any atom is 4.00 e. The topological polar surface area (TPSA) is 9.23 Å². The minimum absolute atomic E-state index is 0. The minimum atomic E-state index is 0. The minimum Gasteiger partial charge on any atom is -1.00 e. The zero-order chi connectivity index (χ0) is 41.3. The molecule has 7 aromatic carbocycles. The van der Waals surface area contributed by atoms with Crippen molar-refractivity contribution in [1.29, 1.82) is 0 Å². The van der Waals surface area contributed by atoms with Crippen molar-refractivity contribution >= 4 is 23.2 Å². The summed E-state index contributed by atoms with van der Waals surface area (Å²) in [5, 5.41) is 1.51. The van der Waals surface area contributed by atoms with Crippen LogP contribution in [0.3, 0.4) is 0 Å². The van der Waals surface area contributed by atoms with E-state index < -0.39 is 0 Å². The average molecular weight is 964 g/mol. The molecule has 0 fully saturated rings. The SMILES string of the molecule is CC(C)(C)c1cc2c([c-]c1-c1ccccc1)Cc1cc(-c3ccccc3)c(C(C)(C)C)cc1-2.COC=C(Cc1ccc(Cl)cc1)Cc1ccc(Cl)cc1.[Cl-].[Cl-].[Zr+4].c1cc[cH-]c1. The molecular weight excluding hydrogens is 910 g/mol. The Hall–Kier alpha value is -3.75.